The Hall–Kier alpha value is -2.77. The van der Waals surface area contributed by atoms with E-state index in [4.69, 9.17) is 4.74 Å². The molecule has 0 spiro atoms. The maximum atomic E-state index is 12.6. The van der Waals surface area contributed by atoms with Crippen LogP contribution in [-0.2, 0) is 11.0 Å². The van der Waals surface area contributed by atoms with Crippen LogP contribution in [0.2, 0.25) is 0 Å². The number of benzene rings is 1. The molecule has 140 valence electrons. The maximum absolute atomic E-state index is 12.6. The molecule has 1 aromatic carbocycles. The molecule has 5 nitrogen and oxygen atoms in total. The van der Waals surface area contributed by atoms with Crippen molar-refractivity contribution in [2.75, 3.05) is 11.9 Å². The van der Waals surface area contributed by atoms with Gasteiger partial charge in [-0.25, -0.2) is 0 Å². The summed E-state index contributed by atoms with van der Waals surface area (Å²) in [6.45, 7) is 0.449. The summed E-state index contributed by atoms with van der Waals surface area (Å²) in [6.07, 6.45) is -1.29. The van der Waals surface area contributed by atoms with Gasteiger partial charge >= 0.3 is 6.18 Å². The largest absolute Gasteiger partial charge is 0.508 e. The predicted molar refractivity (Wildman–Crippen MR) is 89.9 cm³/mol. The Morgan fingerprint density at radius 2 is 1.96 bits per heavy atom. The van der Waals surface area contributed by atoms with Gasteiger partial charge in [0.25, 0.3) is 0 Å². The number of pyridine rings is 1. The van der Waals surface area contributed by atoms with E-state index in [1.807, 2.05) is 0 Å². The fourth-order valence-corrected chi connectivity index (χ4v) is 2.21. The number of nitrogens with one attached hydrogen (secondary N) is 1. The molecule has 1 aromatic heterocycles. The number of amides is 1. The number of rotatable bonds is 8. The van der Waals surface area contributed by atoms with Crippen LogP contribution in [-0.4, -0.2) is 22.6 Å². The fraction of sp³-hybridized carbons (Fsp3) is 0.333. The molecule has 0 bridgehead atoms. The number of phenols is 1. The highest BCUT2D eigenvalue weighted by Gasteiger charge is 2.32. The van der Waals surface area contributed by atoms with Crippen LogP contribution < -0.4 is 10.1 Å². The van der Waals surface area contributed by atoms with Crippen molar-refractivity contribution in [3.05, 3.63) is 48.3 Å². The summed E-state index contributed by atoms with van der Waals surface area (Å²) in [7, 11) is 0. The van der Waals surface area contributed by atoms with Gasteiger partial charge in [0.05, 0.1) is 6.61 Å². The van der Waals surface area contributed by atoms with Crippen molar-refractivity contribution in [2.45, 2.75) is 31.9 Å². The van der Waals surface area contributed by atoms with E-state index in [1.165, 1.54) is 12.1 Å². The molecule has 0 atom stereocenters. The number of unbranched alkanes of at least 4 members (excludes halogenated alkanes) is 2. The molecule has 2 N–H and O–H groups in total. The van der Waals surface area contributed by atoms with E-state index in [2.05, 4.69) is 10.3 Å². The van der Waals surface area contributed by atoms with Crippen LogP contribution in [0.25, 0.3) is 0 Å². The van der Waals surface area contributed by atoms with Crippen molar-refractivity contribution in [2.24, 2.45) is 0 Å². The second kappa shape index (κ2) is 9.07. The third-order valence-electron chi connectivity index (χ3n) is 3.47. The highest BCUT2D eigenvalue weighted by Crippen LogP contribution is 2.28. The second-order valence-corrected chi connectivity index (χ2v) is 5.63. The number of aromatic hydroxyl groups is 1. The second-order valence-electron chi connectivity index (χ2n) is 5.63. The number of ether oxygens (including phenoxy) is 1. The number of alkyl halides is 3. The fourth-order valence-electron chi connectivity index (χ4n) is 2.21. The Labute approximate surface area is 148 Å². The first-order valence-electron chi connectivity index (χ1n) is 8.09. The van der Waals surface area contributed by atoms with Crippen molar-refractivity contribution in [1.29, 1.82) is 0 Å². The number of hydrogen-bond acceptors (Lipinski definition) is 4. The Bertz CT molecular complexity index is 736. The van der Waals surface area contributed by atoms with Crippen LogP contribution in [0.4, 0.5) is 18.9 Å². The average molecular weight is 368 g/mol. The van der Waals surface area contributed by atoms with Crippen molar-refractivity contribution < 1.29 is 27.8 Å². The molecule has 26 heavy (non-hydrogen) atoms. The van der Waals surface area contributed by atoms with Crippen LogP contribution in [0.5, 0.6) is 11.5 Å². The van der Waals surface area contributed by atoms with Crippen molar-refractivity contribution in [1.82, 2.24) is 4.98 Å². The molecular formula is C18H19F3N2O3. The predicted octanol–water partition coefficient (Wildman–Crippen LogP) is 4.38. The van der Waals surface area contributed by atoms with Gasteiger partial charge in [0.15, 0.2) is 0 Å². The smallest absolute Gasteiger partial charge is 0.433 e. The molecule has 1 heterocycles. The van der Waals surface area contributed by atoms with E-state index in [0.29, 0.717) is 18.8 Å². The number of nitrogens with zero attached hydrogens (tertiary/aromatic N) is 1. The van der Waals surface area contributed by atoms with Gasteiger partial charge in [0, 0.05) is 24.4 Å². The molecule has 0 radical (unpaired) electrons. The van der Waals surface area contributed by atoms with Crippen LogP contribution in [0, 0.1) is 0 Å². The van der Waals surface area contributed by atoms with Gasteiger partial charge in [-0.15, -0.1) is 0 Å². The summed E-state index contributed by atoms with van der Waals surface area (Å²) >= 11 is 0. The molecule has 0 unspecified atom stereocenters. The lowest BCUT2D eigenvalue weighted by Gasteiger charge is -2.09. The lowest BCUT2D eigenvalue weighted by molar-refractivity contribution is -0.141. The minimum Gasteiger partial charge on any atom is -0.508 e. The van der Waals surface area contributed by atoms with Gasteiger partial charge in [-0.2, -0.15) is 13.2 Å². The van der Waals surface area contributed by atoms with Crippen molar-refractivity contribution in [3.8, 4) is 11.5 Å². The van der Waals surface area contributed by atoms with E-state index in [9.17, 15) is 23.1 Å². The zero-order valence-corrected chi connectivity index (χ0v) is 13.9. The first-order chi connectivity index (χ1) is 12.3. The van der Waals surface area contributed by atoms with Gasteiger partial charge in [-0.05, 0) is 43.5 Å². The summed E-state index contributed by atoms with van der Waals surface area (Å²) in [4.78, 5) is 15.0. The number of carbonyl (C=O) groups excluding carboxylic acids is 1. The molecular weight excluding hydrogens is 349 g/mol. The Morgan fingerprint density at radius 1 is 1.15 bits per heavy atom. The summed E-state index contributed by atoms with van der Waals surface area (Å²) in [5, 5.41) is 11.7. The first kappa shape index (κ1) is 19.6. The monoisotopic (exact) mass is 368 g/mol. The number of carbonyl (C=O) groups is 1. The lowest BCUT2D eigenvalue weighted by Crippen LogP contribution is -2.13. The molecule has 0 aliphatic heterocycles. The highest BCUT2D eigenvalue weighted by molar-refractivity contribution is 5.90. The summed E-state index contributed by atoms with van der Waals surface area (Å²) in [5.41, 5.74) is -0.969. The summed E-state index contributed by atoms with van der Waals surface area (Å²) in [6, 6.07) is 8.59. The number of halogens is 3. The third kappa shape index (κ3) is 6.62. The van der Waals surface area contributed by atoms with Crippen LogP contribution in [0.3, 0.4) is 0 Å². The lowest BCUT2D eigenvalue weighted by atomic mass is 10.2. The zero-order chi connectivity index (χ0) is 19.0. The standard InChI is InChI=1S/C18H19F3N2O3/c19-18(20,21)16-11-13(8-9-22-16)23-17(25)7-2-1-3-10-26-15-6-4-5-14(24)12-15/h4-6,8-9,11-12,24H,1-3,7,10H2,(H,22,23,25). The Kier molecular flexibility index (Phi) is 6.82. The molecule has 8 heteroatoms. The van der Waals surface area contributed by atoms with E-state index < -0.39 is 11.9 Å². The SMILES string of the molecule is O=C(CCCCCOc1cccc(O)c1)Nc1ccnc(C(F)(F)F)c1. The van der Waals surface area contributed by atoms with Gasteiger partial charge in [0.2, 0.25) is 5.91 Å². The van der Waals surface area contributed by atoms with E-state index >= 15 is 0 Å². The zero-order valence-electron chi connectivity index (χ0n) is 13.9. The van der Waals surface area contributed by atoms with Gasteiger partial charge in [0.1, 0.15) is 17.2 Å². The molecule has 0 saturated carbocycles. The van der Waals surface area contributed by atoms with Gasteiger partial charge < -0.3 is 15.2 Å². The molecule has 0 saturated heterocycles. The number of aromatic nitrogens is 1. The molecule has 2 rings (SSSR count). The minimum absolute atomic E-state index is 0.0737. The molecule has 1 amide bonds. The Morgan fingerprint density at radius 3 is 2.69 bits per heavy atom. The minimum atomic E-state index is -4.55. The van der Waals surface area contributed by atoms with E-state index in [1.54, 1.807) is 18.2 Å². The van der Waals surface area contributed by atoms with Gasteiger partial charge in [-0.1, -0.05) is 6.07 Å². The number of phenolic OH excluding ortho intramolecular Hbond substituents is 1. The van der Waals surface area contributed by atoms with Crippen LogP contribution >= 0.6 is 0 Å². The average Bonchev–Trinajstić information content (AvgIpc) is 2.57. The normalized spacial score (nSPS) is 11.2. The molecule has 0 aliphatic carbocycles. The first-order valence-corrected chi connectivity index (χ1v) is 8.09. The quantitative estimate of drug-likeness (QED) is 0.678. The van der Waals surface area contributed by atoms with E-state index in [0.717, 1.165) is 25.1 Å². The highest BCUT2D eigenvalue weighted by atomic mass is 19.4. The third-order valence-corrected chi connectivity index (χ3v) is 3.47. The maximum Gasteiger partial charge on any atom is 0.433 e. The van der Waals surface area contributed by atoms with Crippen LogP contribution in [0.1, 0.15) is 31.4 Å². The van der Waals surface area contributed by atoms with Crippen LogP contribution in [0.15, 0.2) is 42.6 Å². The molecule has 0 aliphatic rings. The molecule has 2 aromatic rings. The number of anilines is 1. The van der Waals surface area contributed by atoms with Crippen molar-refractivity contribution >= 4 is 11.6 Å². The molecule has 0 fully saturated rings. The van der Waals surface area contributed by atoms with Gasteiger partial charge in [-0.3, -0.25) is 9.78 Å². The number of hydrogen-bond donors (Lipinski definition) is 2. The Balaban J connectivity index is 1.65. The topological polar surface area (TPSA) is 71.5 Å². The summed E-state index contributed by atoms with van der Waals surface area (Å²) in [5.74, 6) is 0.350. The van der Waals surface area contributed by atoms with Crippen molar-refractivity contribution in [3.63, 3.8) is 0 Å². The van der Waals surface area contributed by atoms with E-state index in [-0.39, 0.29) is 23.8 Å². The summed E-state index contributed by atoms with van der Waals surface area (Å²) < 4.78 is 43.2.